The minimum atomic E-state index is -0.210. The van der Waals surface area contributed by atoms with Crippen LogP contribution in [-0.4, -0.2) is 9.97 Å². The van der Waals surface area contributed by atoms with Crippen LogP contribution in [0.25, 0.3) is 10.9 Å². The zero-order valence-corrected chi connectivity index (χ0v) is 10.2. The van der Waals surface area contributed by atoms with Crippen LogP contribution >= 0.6 is 0 Å². The van der Waals surface area contributed by atoms with Gasteiger partial charge in [-0.05, 0) is 25.0 Å². The molecule has 18 heavy (non-hydrogen) atoms. The lowest BCUT2D eigenvalue weighted by atomic mass is 10.1. The summed E-state index contributed by atoms with van der Waals surface area (Å²) in [6.45, 7) is 1.89. The molecule has 0 saturated carbocycles. The van der Waals surface area contributed by atoms with Crippen LogP contribution in [0.1, 0.15) is 23.2 Å². The molecule has 1 aromatic carbocycles. The molecule has 2 aromatic heterocycles. The second-order valence-electron chi connectivity index (χ2n) is 4.50. The molecule has 3 rings (SSSR count). The summed E-state index contributed by atoms with van der Waals surface area (Å²) in [6.07, 6.45) is 4.34. The van der Waals surface area contributed by atoms with Gasteiger partial charge in [-0.1, -0.05) is 18.2 Å². The Morgan fingerprint density at radius 1 is 1.39 bits per heavy atom. The molecule has 4 heteroatoms. The number of nitrogens with zero attached hydrogens (tertiary/aromatic N) is 1. The second kappa shape index (κ2) is 4.31. The molecule has 92 valence electrons. The third kappa shape index (κ3) is 1.91. The Bertz CT molecular complexity index is 668. The van der Waals surface area contributed by atoms with Gasteiger partial charge in [0.05, 0.1) is 11.7 Å². The van der Waals surface area contributed by atoms with Gasteiger partial charge in [-0.25, -0.2) is 4.98 Å². The second-order valence-corrected chi connectivity index (χ2v) is 4.50. The van der Waals surface area contributed by atoms with Gasteiger partial charge in [-0.15, -0.1) is 0 Å². The fourth-order valence-corrected chi connectivity index (χ4v) is 2.17. The van der Waals surface area contributed by atoms with Gasteiger partial charge >= 0.3 is 0 Å². The fourth-order valence-electron chi connectivity index (χ4n) is 2.17. The van der Waals surface area contributed by atoms with E-state index in [0.717, 1.165) is 11.2 Å². The Morgan fingerprint density at radius 2 is 2.22 bits per heavy atom. The van der Waals surface area contributed by atoms with Crippen LogP contribution in [0.4, 0.5) is 0 Å². The number of aromatic nitrogens is 2. The van der Waals surface area contributed by atoms with Crippen molar-refractivity contribution in [3.63, 3.8) is 0 Å². The van der Waals surface area contributed by atoms with Gasteiger partial charge < -0.3 is 15.1 Å². The average molecular weight is 241 g/mol. The van der Waals surface area contributed by atoms with Crippen LogP contribution in [0, 0.1) is 6.92 Å². The number of fused-ring (bicyclic) bond motifs is 1. The first kappa shape index (κ1) is 11.0. The van der Waals surface area contributed by atoms with E-state index < -0.39 is 0 Å². The van der Waals surface area contributed by atoms with Gasteiger partial charge in [-0.2, -0.15) is 0 Å². The maximum Gasteiger partial charge on any atom is 0.211 e. The zero-order valence-electron chi connectivity index (χ0n) is 10.2. The highest BCUT2D eigenvalue weighted by Gasteiger charge is 2.14. The monoisotopic (exact) mass is 241 g/mol. The van der Waals surface area contributed by atoms with Crippen molar-refractivity contribution in [2.45, 2.75) is 19.4 Å². The average Bonchev–Trinajstić information content (AvgIpc) is 2.97. The van der Waals surface area contributed by atoms with E-state index >= 15 is 0 Å². The lowest BCUT2D eigenvalue weighted by molar-refractivity contribution is 0.449. The summed E-state index contributed by atoms with van der Waals surface area (Å²) in [7, 11) is 0. The minimum Gasteiger partial charge on any atom is -0.447 e. The molecule has 4 nitrogen and oxygen atoms in total. The van der Waals surface area contributed by atoms with Gasteiger partial charge in [0, 0.05) is 17.1 Å². The Kier molecular flexibility index (Phi) is 2.64. The topological polar surface area (TPSA) is 67.8 Å². The van der Waals surface area contributed by atoms with Crippen molar-refractivity contribution < 1.29 is 4.42 Å². The molecule has 0 saturated heterocycles. The molecule has 0 bridgehead atoms. The zero-order chi connectivity index (χ0) is 12.5. The van der Waals surface area contributed by atoms with Crippen molar-refractivity contribution in [3.8, 4) is 0 Å². The van der Waals surface area contributed by atoms with Gasteiger partial charge in [0.2, 0.25) is 5.89 Å². The van der Waals surface area contributed by atoms with Crippen molar-refractivity contribution in [1.82, 2.24) is 9.97 Å². The quantitative estimate of drug-likeness (QED) is 0.740. The van der Waals surface area contributed by atoms with Gasteiger partial charge in [0.1, 0.15) is 6.26 Å². The molecular formula is C14H15N3O. The van der Waals surface area contributed by atoms with E-state index in [1.54, 1.807) is 6.26 Å². The predicted molar refractivity (Wildman–Crippen MR) is 70.2 cm³/mol. The van der Waals surface area contributed by atoms with Crippen molar-refractivity contribution in [2.75, 3.05) is 0 Å². The lowest BCUT2D eigenvalue weighted by Crippen LogP contribution is -2.13. The van der Waals surface area contributed by atoms with E-state index in [2.05, 4.69) is 22.1 Å². The number of rotatable bonds is 3. The lowest BCUT2D eigenvalue weighted by Gasteiger charge is -2.06. The number of hydrogen-bond donors (Lipinski definition) is 2. The molecule has 1 unspecified atom stereocenters. The molecule has 0 spiro atoms. The highest BCUT2D eigenvalue weighted by molar-refractivity contribution is 5.83. The maximum atomic E-state index is 6.12. The number of aromatic amines is 1. The standard InChI is InChI=1S/C14H15N3O/c1-9-8-18-14(17-9)12(15)6-10-7-16-13-5-3-2-4-11(10)13/h2-5,7-8,12,16H,6,15H2,1H3. The molecule has 2 heterocycles. The highest BCUT2D eigenvalue weighted by Crippen LogP contribution is 2.22. The van der Waals surface area contributed by atoms with Crippen LogP contribution in [0.3, 0.4) is 0 Å². The largest absolute Gasteiger partial charge is 0.447 e. The molecule has 0 aliphatic heterocycles. The number of aryl methyl sites for hydroxylation is 1. The summed E-state index contributed by atoms with van der Waals surface area (Å²) < 4.78 is 5.34. The molecule has 0 aliphatic carbocycles. The summed E-state index contributed by atoms with van der Waals surface area (Å²) >= 11 is 0. The first-order valence-electron chi connectivity index (χ1n) is 5.96. The van der Waals surface area contributed by atoms with Gasteiger partial charge in [0.25, 0.3) is 0 Å². The molecule has 0 radical (unpaired) electrons. The van der Waals surface area contributed by atoms with Crippen molar-refractivity contribution in [3.05, 3.63) is 53.9 Å². The minimum absolute atomic E-state index is 0.210. The third-order valence-electron chi connectivity index (χ3n) is 3.07. The SMILES string of the molecule is Cc1coc(C(N)Cc2c[nH]c3ccccc23)n1. The van der Waals surface area contributed by atoms with Crippen molar-refractivity contribution in [1.29, 1.82) is 0 Å². The predicted octanol–water partition coefficient (Wildman–Crippen LogP) is 2.71. The van der Waals surface area contributed by atoms with Gasteiger partial charge in [0.15, 0.2) is 0 Å². The van der Waals surface area contributed by atoms with Crippen LogP contribution in [0.15, 0.2) is 41.1 Å². The molecule has 3 aromatic rings. The summed E-state index contributed by atoms with van der Waals surface area (Å²) in [5.74, 6) is 0.595. The number of para-hydroxylation sites is 1. The Balaban J connectivity index is 1.88. The highest BCUT2D eigenvalue weighted by atomic mass is 16.3. The number of oxazole rings is 1. The van der Waals surface area contributed by atoms with E-state index in [4.69, 9.17) is 10.2 Å². The first-order chi connectivity index (χ1) is 8.74. The first-order valence-corrected chi connectivity index (χ1v) is 5.96. The molecule has 0 amide bonds. The molecule has 3 N–H and O–H groups in total. The Hall–Kier alpha value is -2.07. The van der Waals surface area contributed by atoms with E-state index in [9.17, 15) is 0 Å². The number of hydrogen-bond acceptors (Lipinski definition) is 3. The summed E-state index contributed by atoms with van der Waals surface area (Å²) in [6, 6.07) is 7.98. The number of nitrogens with two attached hydrogens (primary N) is 1. The number of nitrogens with one attached hydrogen (secondary N) is 1. The maximum absolute atomic E-state index is 6.12. The van der Waals surface area contributed by atoms with Crippen LogP contribution in [0.5, 0.6) is 0 Å². The molecule has 0 aliphatic rings. The number of H-pyrrole nitrogens is 1. The van der Waals surface area contributed by atoms with Crippen LogP contribution in [-0.2, 0) is 6.42 Å². The molecular weight excluding hydrogens is 226 g/mol. The third-order valence-corrected chi connectivity index (χ3v) is 3.07. The van der Waals surface area contributed by atoms with Crippen LogP contribution < -0.4 is 5.73 Å². The van der Waals surface area contributed by atoms with E-state index in [1.165, 1.54) is 10.9 Å². The summed E-state index contributed by atoms with van der Waals surface area (Å²) in [4.78, 5) is 7.51. The Labute approximate surface area is 105 Å². The summed E-state index contributed by atoms with van der Waals surface area (Å²) in [5.41, 5.74) is 9.30. The smallest absolute Gasteiger partial charge is 0.211 e. The van der Waals surface area contributed by atoms with E-state index in [-0.39, 0.29) is 6.04 Å². The van der Waals surface area contributed by atoms with Crippen molar-refractivity contribution in [2.24, 2.45) is 5.73 Å². The van der Waals surface area contributed by atoms with E-state index in [1.807, 2.05) is 25.3 Å². The van der Waals surface area contributed by atoms with Gasteiger partial charge in [-0.3, -0.25) is 0 Å². The molecule has 1 atom stereocenters. The summed E-state index contributed by atoms with van der Waals surface area (Å²) in [5, 5.41) is 1.20. The molecule has 0 fully saturated rings. The van der Waals surface area contributed by atoms with E-state index in [0.29, 0.717) is 12.3 Å². The fraction of sp³-hybridized carbons (Fsp3) is 0.214. The Morgan fingerprint density at radius 3 is 3.00 bits per heavy atom. The normalized spacial score (nSPS) is 13.0. The number of benzene rings is 1. The van der Waals surface area contributed by atoms with Crippen molar-refractivity contribution >= 4 is 10.9 Å². The van der Waals surface area contributed by atoms with Crippen LogP contribution in [0.2, 0.25) is 0 Å².